The summed E-state index contributed by atoms with van der Waals surface area (Å²) in [4.78, 5) is 4.70. The van der Waals surface area contributed by atoms with Crippen molar-refractivity contribution in [2.45, 2.75) is 40.0 Å². The van der Waals surface area contributed by atoms with Crippen LogP contribution in [0.5, 0.6) is 0 Å². The molecule has 2 nitrogen and oxygen atoms in total. The van der Waals surface area contributed by atoms with Gasteiger partial charge in [-0.3, -0.25) is 4.57 Å². The predicted octanol–water partition coefficient (Wildman–Crippen LogP) is 7.39. The van der Waals surface area contributed by atoms with Crippen LogP contribution in [0.3, 0.4) is 0 Å². The standard InChI is InChI=1S/C22H24Br2N2/c1-14(2)12-16-6-5-7-19(23)21(16)22-25-10-11-26(22)17-8-9-18(15(3)4)20(24)13-17/h5-11,13-15H,12H2,1-4H3. The zero-order chi connectivity index (χ0) is 18.8. The number of halogens is 2. The minimum Gasteiger partial charge on any atom is -0.300 e. The Balaban J connectivity index is 2.12. The summed E-state index contributed by atoms with van der Waals surface area (Å²) in [5.74, 6) is 2.05. The van der Waals surface area contributed by atoms with Crippen LogP contribution in [0.1, 0.15) is 44.7 Å². The predicted molar refractivity (Wildman–Crippen MR) is 117 cm³/mol. The van der Waals surface area contributed by atoms with E-state index < -0.39 is 0 Å². The number of hydrogen-bond acceptors (Lipinski definition) is 1. The lowest BCUT2D eigenvalue weighted by Gasteiger charge is -2.16. The molecule has 1 heterocycles. The van der Waals surface area contributed by atoms with Crippen molar-refractivity contribution in [1.29, 1.82) is 0 Å². The van der Waals surface area contributed by atoms with E-state index in [1.54, 1.807) is 0 Å². The molecule has 2 aromatic carbocycles. The number of imidazole rings is 1. The van der Waals surface area contributed by atoms with Gasteiger partial charge >= 0.3 is 0 Å². The first-order valence-electron chi connectivity index (χ1n) is 8.99. The van der Waals surface area contributed by atoms with Gasteiger partial charge in [0.15, 0.2) is 0 Å². The van der Waals surface area contributed by atoms with Gasteiger partial charge in [0, 0.05) is 32.6 Å². The van der Waals surface area contributed by atoms with Crippen LogP contribution < -0.4 is 0 Å². The zero-order valence-corrected chi connectivity index (χ0v) is 18.8. The Morgan fingerprint density at radius 2 is 1.77 bits per heavy atom. The van der Waals surface area contributed by atoms with E-state index >= 15 is 0 Å². The molecule has 0 fully saturated rings. The highest BCUT2D eigenvalue weighted by Crippen LogP contribution is 2.34. The van der Waals surface area contributed by atoms with Gasteiger partial charge in [-0.1, -0.05) is 77.8 Å². The van der Waals surface area contributed by atoms with Gasteiger partial charge in [-0.05, 0) is 47.6 Å². The molecular formula is C22H24Br2N2. The fourth-order valence-corrected chi connectivity index (χ4v) is 4.67. The molecule has 0 atom stereocenters. The monoisotopic (exact) mass is 474 g/mol. The van der Waals surface area contributed by atoms with E-state index in [4.69, 9.17) is 4.98 Å². The molecule has 0 saturated carbocycles. The summed E-state index contributed by atoms with van der Waals surface area (Å²) in [6, 6.07) is 13.0. The highest BCUT2D eigenvalue weighted by Gasteiger charge is 2.17. The van der Waals surface area contributed by atoms with Crippen molar-refractivity contribution < 1.29 is 0 Å². The molecule has 3 rings (SSSR count). The van der Waals surface area contributed by atoms with Gasteiger partial charge in [0.05, 0.1) is 0 Å². The lowest BCUT2D eigenvalue weighted by molar-refractivity contribution is 0.647. The molecule has 0 radical (unpaired) electrons. The molecule has 136 valence electrons. The van der Waals surface area contributed by atoms with Gasteiger partial charge in [0.25, 0.3) is 0 Å². The Morgan fingerprint density at radius 1 is 1.00 bits per heavy atom. The lowest BCUT2D eigenvalue weighted by Crippen LogP contribution is -2.03. The van der Waals surface area contributed by atoms with E-state index in [1.807, 2.05) is 12.4 Å². The third-order valence-electron chi connectivity index (χ3n) is 4.48. The quantitative estimate of drug-likeness (QED) is 0.376. The first-order chi connectivity index (χ1) is 12.4. The van der Waals surface area contributed by atoms with Crippen LogP contribution >= 0.6 is 31.9 Å². The lowest BCUT2D eigenvalue weighted by atomic mass is 9.97. The van der Waals surface area contributed by atoms with Crippen LogP contribution in [0.25, 0.3) is 17.1 Å². The molecule has 0 aliphatic heterocycles. The van der Waals surface area contributed by atoms with Crippen LogP contribution in [-0.4, -0.2) is 9.55 Å². The molecule has 26 heavy (non-hydrogen) atoms. The summed E-state index contributed by atoms with van der Waals surface area (Å²) in [6.07, 6.45) is 4.93. The molecule has 1 aromatic heterocycles. The number of benzene rings is 2. The van der Waals surface area contributed by atoms with E-state index in [2.05, 4.69) is 101 Å². The summed E-state index contributed by atoms with van der Waals surface area (Å²) in [5.41, 5.74) is 4.92. The summed E-state index contributed by atoms with van der Waals surface area (Å²) in [7, 11) is 0. The van der Waals surface area contributed by atoms with Crippen molar-refractivity contribution in [2.24, 2.45) is 5.92 Å². The summed E-state index contributed by atoms with van der Waals surface area (Å²) in [5, 5.41) is 0. The van der Waals surface area contributed by atoms with E-state index in [0.29, 0.717) is 11.8 Å². The van der Waals surface area contributed by atoms with Gasteiger partial charge in [-0.25, -0.2) is 4.98 Å². The SMILES string of the molecule is CC(C)Cc1cccc(Br)c1-c1nccn1-c1ccc(C(C)C)c(Br)c1. The van der Waals surface area contributed by atoms with Gasteiger partial charge in [0.1, 0.15) is 5.82 Å². The maximum absolute atomic E-state index is 4.70. The largest absolute Gasteiger partial charge is 0.300 e. The molecule has 4 heteroatoms. The molecule has 0 amide bonds. The molecular weight excluding hydrogens is 452 g/mol. The smallest absolute Gasteiger partial charge is 0.145 e. The fraction of sp³-hybridized carbons (Fsp3) is 0.318. The second kappa shape index (κ2) is 8.10. The molecule has 0 unspecified atom stereocenters. The van der Waals surface area contributed by atoms with Crippen molar-refractivity contribution in [3.63, 3.8) is 0 Å². The van der Waals surface area contributed by atoms with E-state index in [-0.39, 0.29) is 0 Å². The van der Waals surface area contributed by atoms with Crippen molar-refractivity contribution in [2.75, 3.05) is 0 Å². The minimum absolute atomic E-state index is 0.488. The maximum atomic E-state index is 4.70. The highest BCUT2D eigenvalue weighted by molar-refractivity contribution is 9.10. The minimum atomic E-state index is 0.488. The summed E-state index contributed by atoms with van der Waals surface area (Å²) in [6.45, 7) is 8.92. The Kier molecular flexibility index (Phi) is 6.03. The Hall–Kier alpha value is -1.39. The number of rotatable bonds is 5. The third-order valence-corrected chi connectivity index (χ3v) is 5.82. The fourth-order valence-electron chi connectivity index (χ4n) is 3.26. The third kappa shape index (κ3) is 3.96. The van der Waals surface area contributed by atoms with Gasteiger partial charge < -0.3 is 0 Å². The van der Waals surface area contributed by atoms with E-state index in [0.717, 1.165) is 26.9 Å². The average Bonchev–Trinajstić information content (AvgIpc) is 3.03. The number of hydrogen-bond donors (Lipinski definition) is 0. The Morgan fingerprint density at radius 3 is 2.42 bits per heavy atom. The molecule has 0 aliphatic carbocycles. The van der Waals surface area contributed by atoms with E-state index in [1.165, 1.54) is 16.7 Å². The van der Waals surface area contributed by atoms with Crippen molar-refractivity contribution in [3.8, 4) is 17.1 Å². The summed E-state index contributed by atoms with van der Waals surface area (Å²) < 4.78 is 4.39. The van der Waals surface area contributed by atoms with Gasteiger partial charge in [-0.15, -0.1) is 0 Å². The van der Waals surface area contributed by atoms with Crippen LogP contribution in [-0.2, 0) is 6.42 Å². The normalized spacial score (nSPS) is 11.5. The second-order valence-corrected chi connectivity index (χ2v) is 9.06. The molecule has 0 saturated heterocycles. The molecule has 0 N–H and O–H groups in total. The summed E-state index contributed by atoms with van der Waals surface area (Å²) >= 11 is 7.48. The highest BCUT2D eigenvalue weighted by atomic mass is 79.9. The topological polar surface area (TPSA) is 17.8 Å². The number of aromatic nitrogens is 2. The van der Waals surface area contributed by atoms with Gasteiger partial charge in [-0.2, -0.15) is 0 Å². The molecule has 0 bridgehead atoms. The first-order valence-corrected chi connectivity index (χ1v) is 10.6. The van der Waals surface area contributed by atoms with Crippen LogP contribution in [0.4, 0.5) is 0 Å². The zero-order valence-electron chi connectivity index (χ0n) is 15.6. The Labute approximate surface area is 172 Å². The molecule has 0 aliphatic rings. The van der Waals surface area contributed by atoms with Gasteiger partial charge in [0.2, 0.25) is 0 Å². The average molecular weight is 476 g/mol. The maximum Gasteiger partial charge on any atom is 0.145 e. The van der Waals surface area contributed by atoms with Crippen LogP contribution in [0.2, 0.25) is 0 Å². The van der Waals surface area contributed by atoms with Crippen LogP contribution in [0, 0.1) is 5.92 Å². The van der Waals surface area contributed by atoms with Crippen molar-refractivity contribution in [1.82, 2.24) is 9.55 Å². The van der Waals surface area contributed by atoms with E-state index in [9.17, 15) is 0 Å². The molecule has 3 aromatic rings. The number of nitrogens with zero attached hydrogens (tertiary/aromatic N) is 2. The second-order valence-electron chi connectivity index (χ2n) is 7.35. The first kappa shape index (κ1) is 19.4. The van der Waals surface area contributed by atoms with Crippen LogP contribution in [0.15, 0.2) is 57.7 Å². The van der Waals surface area contributed by atoms with Crippen molar-refractivity contribution >= 4 is 31.9 Å². The Bertz CT molecular complexity index is 910. The molecule has 0 spiro atoms. The van der Waals surface area contributed by atoms with Crippen molar-refractivity contribution in [3.05, 3.63) is 68.9 Å².